The van der Waals surface area contributed by atoms with E-state index >= 15 is 0 Å². The number of amides is 1. The SMILES string of the molecule is Nc1ccc(N2CCC(N3CCC4(CCN(c5cncc(Nc6ncc(Cl)c(N7CCCCC7)n6)c5)C4=O)CC3)CC2)cc1. The van der Waals surface area contributed by atoms with Gasteiger partial charge in [-0.15, -0.1) is 0 Å². The zero-order chi connectivity index (χ0) is 30.1. The van der Waals surface area contributed by atoms with Crippen molar-refractivity contribution in [2.24, 2.45) is 5.41 Å². The van der Waals surface area contributed by atoms with E-state index in [9.17, 15) is 4.79 Å². The second-order valence-electron chi connectivity index (χ2n) is 12.8. The summed E-state index contributed by atoms with van der Waals surface area (Å²) in [6, 6.07) is 10.8. The molecule has 0 atom stereocenters. The lowest BCUT2D eigenvalue weighted by molar-refractivity contribution is -0.128. The summed E-state index contributed by atoms with van der Waals surface area (Å²) in [5, 5.41) is 3.86. The van der Waals surface area contributed by atoms with E-state index in [0.717, 1.165) is 114 Å². The van der Waals surface area contributed by atoms with E-state index < -0.39 is 0 Å². The summed E-state index contributed by atoms with van der Waals surface area (Å²) in [7, 11) is 0. The molecule has 4 aliphatic rings. The number of anilines is 6. The molecule has 2 aromatic heterocycles. The van der Waals surface area contributed by atoms with Crippen LogP contribution in [0.1, 0.15) is 51.4 Å². The molecule has 3 N–H and O–H groups in total. The number of likely N-dealkylation sites (tertiary alicyclic amines) is 1. The molecule has 4 saturated heterocycles. The molecule has 0 radical (unpaired) electrons. The first-order valence-electron chi connectivity index (χ1n) is 16.1. The summed E-state index contributed by atoms with van der Waals surface area (Å²) < 4.78 is 0. The van der Waals surface area contributed by atoms with Crippen LogP contribution in [-0.4, -0.2) is 77.6 Å². The van der Waals surface area contributed by atoms with Gasteiger partial charge in [-0.2, -0.15) is 4.98 Å². The van der Waals surface area contributed by atoms with Gasteiger partial charge < -0.3 is 30.7 Å². The third-order valence-electron chi connectivity index (χ3n) is 10.2. The topological polar surface area (TPSA) is 107 Å². The van der Waals surface area contributed by atoms with Crippen molar-refractivity contribution in [1.29, 1.82) is 0 Å². The molecule has 4 aliphatic heterocycles. The molecule has 0 unspecified atom stereocenters. The number of nitrogens with two attached hydrogens (primary N) is 1. The van der Waals surface area contributed by atoms with Crippen LogP contribution >= 0.6 is 11.6 Å². The predicted octanol–water partition coefficient (Wildman–Crippen LogP) is 5.33. The summed E-state index contributed by atoms with van der Waals surface area (Å²) in [4.78, 5) is 36.8. The largest absolute Gasteiger partial charge is 0.399 e. The Labute approximate surface area is 264 Å². The van der Waals surface area contributed by atoms with Crippen molar-refractivity contribution in [2.45, 2.75) is 57.4 Å². The highest BCUT2D eigenvalue weighted by atomic mass is 35.5. The molecule has 0 saturated carbocycles. The van der Waals surface area contributed by atoms with E-state index in [1.54, 1.807) is 18.6 Å². The average Bonchev–Trinajstić information content (AvgIpc) is 3.38. The standard InChI is InChI=1S/C33H42ClN9O/c34-29-23-37-32(39-30(29)42-13-2-1-3-14-42)38-25-20-28(22-36-21-25)43-19-12-33(31(43)44)10-17-41(18-11-33)27-8-15-40(16-9-27)26-6-4-24(35)5-7-26/h4-7,20-23,27H,1-3,8-19,35H2,(H,37,38,39). The summed E-state index contributed by atoms with van der Waals surface area (Å²) in [5.41, 5.74) is 9.24. The molecule has 1 aromatic carbocycles. The number of nitrogen functional groups attached to an aromatic ring is 1. The Morgan fingerprint density at radius 1 is 0.841 bits per heavy atom. The second-order valence-corrected chi connectivity index (χ2v) is 13.2. The lowest BCUT2D eigenvalue weighted by atomic mass is 9.76. The van der Waals surface area contributed by atoms with E-state index in [4.69, 9.17) is 22.3 Å². The Morgan fingerprint density at radius 3 is 2.32 bits per heavy atom. The van der Waals surface area contributed by atoms with Crippen LogP contribution in [0.4, 0.5) is 34.5 Å². The van der Waals surface area contributed by atoms with Gasteiger partial charge in [-0.3, -0.25) is 9.78 Å². The van der Waals surface area contributed by atoms with Gasteiger partial charge in [0.25, 0.3) is 0 Å². The molecule has 0 bridgehead atoms. The van der Waals surface area contributed by atoms with E-state index in [1.807, 2.05) is 23.1 Å². The smallest absolute Gasteiger partial charge is 0.233 e. The molecule has 4 fully saturated rings. The first-order chi connectivity index (χ1) is 21.5. The zero-order valence-corrected chi connectivity index (χ0v) is 26.1. The van der Waals surface area contributed by atoms with Crippen molar-refractivity contribution < 1.29 is 4.79 Å². The lowest BCUT2D eigenvalue weighted by Gasteiger charge is -2.44. The zero-order valence-electron chi connectivity index (χ0n) is 25.3. The van der Waals surface area contributed by atoms with Crippen LogP contribution < -0.4 is 25.8 Å². The Hall–Kier alpha value is -3.63. The quantitative estimate of drug-likeness (QED) is 0.356. The van der Waals surface area contributed by atoms with Gasteiger partial charge >= 0.3 is 0 Å². The van der Waals surface area contributed by atoms with Crippen molar-refractivity contribution in [1.82, 2.24) is 19.9 Å². The van der Waals surface area contributed by atoms with E-state index in [2.05, 4.69) is 42.1 Å². The van der Waals surface area contributed by atoms with Crippen LogP contribution in [0, 0.1) is 5.41 Å². The number of carbonyl (C=O) groups is 1. The highest BCUT2D eigenvalue weighted by Gasteiger charge is 2.49. The molecule has 232 valence electrons. The maximum Gasteiger partial charge on any atom is 0.233 e. The molecule has 3 aromatic rings. The van der Waals surface area contributed by atoms with Crippen molar-refractivity contribution >= 4 is 52.0 Å². The Balaban J connectivity index is 0.957. The van der Waals surface area contributed by atoms with Gasteiger partial charge in [-0.25, -0.2) is 4.98 Å². The van der Waals surface area contributed by atoms with Crippen molar-refractivity contribution in [2.75, 3.05) is 71.6 Å². The summed E-state index contributed by atoms with van der Waals surface area (Å²) in [5.74, 6) is 1.48. The van der Waals surface area contributed by atoms with E-state index in [0.29, 0.717) is 17.0 Å². The number of nitrogens with one attached hydrogen (secondary N) is 1. The van der Waals surface area contributed by atoms with Crippen molar-refractivity contribution in [3.8, 4) is 0 Å². The molecular formula is C33H42ClN9O. The van der Waals surface area contributed by atoms with Gasteiger partial charge in [0.1, 0.15) is 5.02 Å². The lowest BCUT2D eigenvalue weighted by Crippen LogP contribution is -2.51. The van der Waals surface area contributed by atoms with Crippen LogP contribution in [0.3, 0.4) is 0 Å². The Morgan fingerprint density at radius 2 is 1.57 bits per heavy atom. The number of aromatic nitrogens is 3. The molecule has 10 nitrogen and oxygen atoms in total. The highest BCUT2D eigenvalue weighted by Crippen LogP contribution is 2.44. The van der Waals surface area contributed by atoms with Crippen molar-refractivity contribution in [3.05, 3.63) is 53.9 Å². The summed E-state index contributed by atoms with van der Waals surface area (Å²) in [6.07, 6.45) is 13.7. The third-order valence-corrected chi connectivity index (χ3v) is 10.4. The van der Waals surface area contributed by atoms with Crippen LogP contribution in [0.15, 0.2) is 48.9 Å². The minimum absolute atomic E-state index is 0.240. The average molecular weight is 616 g/mol. The fourth-order valence-electron chi connectivity index (χ4n) is 7.54. The molecule has 6 heterocycles. The molecule has 44 heavy (non-hydrogen) atoms. The summed E-state index contributed by atoms with van der Waals surface area (Å²) in [6.45, 7) is 6.71. The van der Waals surface area contributed by atoms with E-state index in [1.165, 1.54) is 12.1 Å². The number of halogens is 1. The van der Waals surface area contributed by atoms with Crippen LogP contribution in [-0.2, 0) is 4.79 Å². The third kappa shape index (κ3) is 5.89. The van der Waals surface area contributed by atoms with Gasteiger partial charge in [0.2, 0.25) is 11.9 Å². The number of benzene rings is 1. The van der Waals surface area contributed by atoms with Gasteiger partial charge in [0, 0.05) is 50.1 Å². The number of piperidine rings is 3. The Kier molecular flexibility index (Phi) is 8.20. The van der Waals surface area contributed by atoms with Crippen LogP contribution in [0.2, 0.25) is 5.02 Å². The maximum atomic E-state index is 13.9. The van der Waals surface area contributed by atoms with Gasteiger partial charge in [0.05, 0.1) is 35.4 Å². The first-order valence-corrected chi connectivity index (χ1v) is 16.5. The fourth-order valence-corrected chi connectivity index (χ4v) is 7.75. The van der Waals surface area contributed by atoms with Crippen LogP contribution in [0.5, 0.6) is 0 Å². The van der Waals surface area contributed by atoms with Gasteiger partial charge in [-0.05, 0) is 94.8 Å². The number of hydrogen-bond donors (Lipinski definition) is 2. The molecule has 1 amide bonds. The summed E-state index contributed by atoms with van der Waals surface area (Å²) >= 11 is 6.46. The number of rotatable bonds is 6. The van der Waals surface area contributed by atoms with Crippen LogP contribution in [0.25, 0.3) is 0 Å². The normalized spacial score (nSPS) is 21.3. The molecular weight excluding hydrogens is 574 g/mol. The number of carbonyl (C=O) groups excluding carboxylic acids is 1. The monoisotopic (exact) mass is 615 g/mol. The van der Waals surface area contributed by atoms with Crippen molar-refractivity contribution in [3.63, 3.8) is 0 Å². The highest BCUT2D eigenvalue weighted by molar-refractivity contribution is 6.32. The number of pyridine rings is 1. The minimum Gasteiger partial charge on any atom is -0.399 e. The fraction of sp³-hybridized carbons (Fsp3) is 0.515. The molecule has 7 rings (SSSR count). The minimum atomic E-state index is -0.271. The molecule has 1 spiro atoms. The second kappa shape index (κ2) is 12.4. The maximum absolute atomic E-state index is 13.9. The first kappa shape index (κ1) is 29.1. The molecule has 0 aliphatic carbocycles. The number of hydrogen-bond acceptors (Lipinski definition) is 9. The van der Waals surface area contributed by atoms with Gasteiger partial charge in [0.15, 0.2) is 5.82 Å². The Bertz CT molecular complexity index is 1460. The van der Waals surface area contributed by atoms with E-state index in [-0.39, 0.29) is 11.3 Å². The predicted molar refractivity (Wildman–Crippen MR) is 177 cm³/mol. The molecule has 11 heteroatoms. The van der Waals surface area contributed by atoms with Gasteiger partial charge in [-0.1, -0.05) is 11.6 Å². The number of nitrogens with zero attached hydrogens (tertiary/aromatic N) is 7.